The fourth-order valence-electron chi connectivity index (χ4n) is 4.38. The Bertz CT molecular complexity index is 911. The third kappa shape index (κ3) is 5.37. The number of nitrogens with one attached hydrogen (secondary N) is 1. The number of nitrogens with zero attached hydrogens (tertiary/aromatic N) is 1. The van der Waals surface area contributed by atoms with Crippen molar-refractivity contribution in [2.45, 2.75) is 19.3 Å². The molecule has 1 fully saturated rings. The molecule has 3 aromatic carbocycles. The summed E-state index contributed by atoms with van der Waals surface area (Å²) in [7, 11) is 0. The molecule has 2 unspecified atom stereocenters. The van der Waals surface area contributed by atoms with Gasteiger partial charge in [-0.1, -0.05) is 78.9 Å². The molecular weight excluding hydrogens is 368 g/mol. The highest BCUT2D eigenvalue weighted by Crippen LogP contribution is 2.26. The Hall–Kier alpha value is -2.91. The first kappa shape index (κ1) is 20.4. The zero-order valence-corrected chi connectivity index (χ0v) is 17.4. The van der Waals surface area contributed by atoms with E-state index in [9.17, 15) is 4.79 Å². The number of hydrogen-bond donors (Lipinski definition) is 1. The number of amides is 1. The Kier molecular flexibility index (Phi) is 6.94. The Morgan fingerprint density at radius 1 is 0.767 bits per heavy atom. The maximum atomic E-state index is 13.3. The van der Waals surface area contributed by atoms with Crippen LogP contribution in [0.3, 0.4) is 0 Å². The largest absolute Gasteiger partial charge is 0.316 e. The number of carbonyl (C=O) groups is 1. The molecule has 0 aromatic heterocycles. The van der Waals surface area contributed by atoms with Crippen LogP contribution >= 0.6 is 0 Å². The smallest absolute Gasteiger partial charge is 0.227 e. The highest BCUT2D eigenvalue weighted by Gasteiger charge is 2.30. The number of benzene rings is 3. The molecule has 0 radical (unpaired) electrons. The first-order chi connectivity index (χ1) is 14.8. The summed E-state index contributed by atoms with van der Waals surface area (Å²) in [5.74, 6) is 1.20. The Labute approximate surface area is 179 Å². The average Bonchev–Trinajstić information content (AvgIpc) is 3.24. The van der Waals surface area contributed by atoms with Crippen molar-refractivity contribution in [3.63, 3.8) is 0 Å². The zero-order chi connectivity index (χ0) is 20.6. The quantitative estimate of drug-likeness (QED) is 0.595. The third-order valence-corrected chi connectivity index (χ3v) is 6.08. The van der Waals surface area contributed by atoms with E-state index in [2.05, 4.69) is 59.9 Å². The minimum absolute atomic E-state index is 0.204. The van der Waals surface area contributed by atoms with Crippen LogP contribution in [0.15, 0.2) is 91.0 Å². The van der Waals surface area contributed by atoms with Crippen molar-refractivity contribution in [3.05, 3.63) is 102 Å². The number of aryl methyl sites for hydroxylation is 1. The van der Waals surface area contributed by atoms with Crippen LogP contribution < -0.4 is 10.2 Å². The minimum Gasteiger partial charge on any atom is -0.316 e. The second-order valence-electron chi connectivity index (χ2n) is 8.19. The van der Waals surface area contributed by atoms with Gasteiger partial charge in [0.25, 0.3) is 0 Å². The summed E-state index contributed by atoms with van der Waals surface area (Å²) in [5.41, 5.74) is 3.59. The predicted octanol–water partition coefficient (Wildman–Crippen LogP) is 4.73. The van der Waals surface area contributed by atoms with Crippen LogP contribution in [0.1, 0.15) is 17.5 Å². The van der Waals surface area contributed by atoms with Gasteiger partial charge < -0.3 is 10.2 Å². The number of anilines is 1. The summed E-state index contributed by atoms with van der Waals surface area (Å²) in [5, 5.41) is 3.56. The van der Waals surface area contributed by atoms with Gasteiger partial charge in [-0.25, -0.2) is 0 Å². The van der Waals surface area contributed by atoms with Crippen LogP contribution in [-0.4, -0.2) is 25.5 Å². The van der Waals surface area contributed by atoms with Gasteiger partial charge in [-0.05, 0) is 61.0 Å². The topological polar surface area (TPSA) is 32.3 Å². The van der Waals surface area contributed by atoms with Gasteiger partial charge in [-0.3, -0.25) is 4.79 Å². The van der Waals surface area contributed by atoms with Crippen LogP contribution in [-0.2, 0) is 17.6 Å². The summed E-state index contributed by atoms with van der Waals surface area (Å²) < 4.78 is 0. The summed E-state index contributed by atoms with van der Waals surface area (Å²) in [6.07, 6.45) is 2.36. The van der Waals surface area contributed by atoms with Gasteiger partial charge in [0, 0.05) is 18.7 Å². The zero-order valence-electron chi connectivity index (χ0n) is 17.4. The van der Waals surface area contributed by atoms with Crippen molar-refractivity contribution in [2.75, 3.05) is 24.5 Å². The van der Waals surface area contributed by atoms with E-state index < -0.39 is 0 Å². The summed E-state index contributed by atoms with van der Waals surface area (Å²) in [4.78, 5) is 15.3. The molecule has 4 rings (SSSR count). The molecule has 3 aromatic rings. The van der Waals surface area contributed by atoms with E-state index in [1.54, 1.807) is 0 Å². The van der Waals surface area contributed by atoms with Gasteiger partial charge in [0.15, 0.2) is 0 Å². The molecule has 3 nitrogen and oxygen atoms in total. The number of para-hydroxylation sites is 1. The van der Waals surface area contributed by atoms with E-state index in [-0.39, 0.29) is 5.91 Å². The van der Waals surface area contributed by atoms with Gasteiger partial charge in [0.05, 0.1) is 0 Å². The van der Waals surface area contributed by atoms with Gasteiger partial charge in [0.1, 0.15) is 0 Å². The molecule has 2 atom stereocenters. The fraction of sp³-hybridized carbons (Fsp3) is 0.296. The molecule has 1 saturated heterocycles. The number of hydrogen-bond acceptors (Lipinski definition) is 2. The monoisotopic (exact) mass is 398 g/mol. The third-order valence-electron chi connectivity index (χ3n) is 6.08. The Balaban J connectivity index is 1.46. The van der Waals surface area contributed by atoms with Crippen molar-refractivity contribution < 1.29 is 4.79 Å². The number of rotatable bonds is 8. The van der Waals surface area contributed by atoms with Gasteiger partial charge in [0.2, 0.25) is 5.91 Å². The van der Waals surface area contributed by atoms with Crippen LogP contribution in [0, 0.1) is 11.8 Å². The highest BCUT2D eigenvalue weighted by molar-refractivity contribution is 5.93. The molecule has 0 saturated carbocycles. The molecule has 0 bridgehead atoms. The maximum Gasteiger partial charge on any atom is 0.227 e. The predicted molar refractivity (Wildman–Crippen MR) is 124 cm³/mol. The highest BCUT2D eigenvalue weighted by atomic mass is 16.2. The second-order valence-corrected chi connectivity index (χ2v) is 8.19. The molecule has 1 aliphatic rings. The van der Waals surface area contributed by atoms with Crippen LogP contribution in [0.4, 0.5) is 5.69 Å². The summed E-state index contributed by atoms with van der Waals surface area (Å²) in [6, 6.07) is 31.1. The fourth-order valence-corrected chi connectivity index (χ4v) is 4.38. The lowest BCUT2D eigenvalue weighted by atomic mass is 9.89. The van der Waals surface area contributed by atoms with E-state index in [4.69, 9.17) is 0 Å². The van der Waals surface area contributed by atoms with Crippen molar-refractivity contribution in [1.29, 1.82) is 0 Å². The Morgan fingerprint density at radius 3 is 2.00 bits per heavy atom. The van der Waals surface area contributed by atoms with Gasteiger partial charge in [-0.15, -0.1) is 0 Å². The second kappa shape index (κ2) is 10.2. The first-order valence-electron chi connectivity index (χ1n) is 10.9. The van der Waals surface area contributed by atoms with E-state index >= 15 is 0 Å². The molecule has 1 N–H and O–H groups in total. The SMILES string of the molecule is O=C(CCc1ccccc1)N(CC1CNCC1Cc1ccccc1)c1ccccc1. The molecule has 3 heteroatoms. The van der Waals surface area contributed by atoms with Crippen molar-refractivity contribution >= 4 is 11.6 Å². The minimum atomic E-state index is 0.204. The molecule has 1 heterocycles. The van der Waals surface area contributed by atoms with Gasteiger partial charge >= 0.3 is 0 Å². The van der Waals surface area contributed by atoms with Gasteiger partial charge in [-0.2, -0.15) is 0 Å². The summed E-state index contributed by atoms with van der Waals surface area (Å²) in [6.45, 7) is 2.75. The molecule has 1 amide bonds. The molecule has 30 heavy (non-hydrogen) atoms. The van der Waals surface area contributed by atoms with Crippen LogP contribution in [0.5, 0.6) is 0 Å². The standard InChI is InChI=1S/C27H30N2O/c30-27(17-16-22-10-4-1-5-11-22)29(26-14-8-3-9-15-26)21-25-20-28-19-24(25)18-23-12-6-2-7-13-23/h1-15,24-25,28H,16-21H2. The van der Waals surface area contributed by atoms with Crippen molar-refractivity contribution in [2.24, 2.45) is 11.8 Å². The number of carbonyl (C=O) groups excluding carboxylic acids is 1. The molecule has 154 valence electrons. The lowest BCUT2D eigenvalue weighted by molar-refractivity contribution is -0.118. The molecule has 0 aliphatic carbocycles. The van der Waals surface area contributed by atoms with E-state index in [1.165, 1.54) is 11.1 Å². The molecule has 1 aliphatic heterocycles. The van der Waals surface area contributed by atoms with E-state index in [0.29, 0.717) is 18.3 Å². The van der Waals surface area contributed by atoms with Crippen LogP contribution in [0.25, 0.3) is 0 Å². The van der Waals surface area contributed by atoms with Crippen LogP contribution in [0.2, 0.25) is 0 Å². The maximum absolute atomic E-state index is 13.3. The molecular formula is C27H30N2O. The van der Waals surface area contributed by atoms with Crippen molar-refractivity contribution in [1.82, 2.24) is 5.32 Å². The average molecular weight is 399 g/mol. The van der Waals surface area contributed by atoms with E-state index in [1.807, 2.05) is 41.3 Å². The lowest BCUT2D eigenvalue weighted by Gasteiger charge is -2.29. The Morgan fingerprint density at radius 2 is 1.33 bits per heavy atom. The van der Waals surface area contributed by atoms with E-state index in [0.717, 1.165) is 38.2 Å². The first-order valence-corrected chi connectivity index (χ1v) is 10.9. The lowest BCUT2D eigenvalue weighted by Crippen LogP contribution is -2.38. The normalized spacial score (nSPS) is 18.3. The summed E-state index contributed by atoms with van der Waals surface area (Å²) >= 11 is 0. The van der Waals surface area contributed by atoms with Crippen molar-refractivity contribution in [3.8, 4) is 0 Å². The molecule has 0 spiro atoms.